The SMILES string of the molecule is CC(C)c1cc2cc([N+](=O)[O-])c(C(F)(F)F)cc2[nH]1. The van der Waals surface area contributed by atoms with E-state index in [1.165, 1.54) is 0 Å². The second-order valence-corrected chi connectivity index (χ2v) is 4.59. The van der Waals surface area contributed by atoms with Gasteiger partial charge in [-0.2, -0.15) is 13.2 Å². The number of nitrogens with one attached hydrogen (secondary N) is 1. The molecule has 0 spiro atoms. The fourth-order valence-electron chi connectivity index (χ4n) is 1.88. The zero-order chi connectivity index (χ0) is 14.4. The monoisotopic (exact) mass is 272 g/mol. The number of alkyl halides is 3. The van der Waals surface area contributed by atoms with E-state index in [0.717, 1.165) is 17.8 Å². The highest BCUT2D eigenvalue weighted by molar-refractivity contribution is 5.84. The third kappa shape index (κ3) is 2.40. The molecule has 4 nitrogen and oxygen atoms in total. The number of nitrogens with zero attached hydrogens (tertiary/aromatic N) is 1. The highest BCUT2D eigenvalue weighted by Gasteiger charge is 2.38. The average Bonchev–Trinajstić information content (AvgIpc) is 2.68. The molecular weight excluding hydrogens is 261 g/mol. The average molecular weight is 272 g/mol. The molecule has 7 heteroatoms. The molecule has 0 atom stereocenters. The standard InChI is InChI=1S/C12H11F3N2O2/c1-6(2)9-3-7-4-11(17(18)19)8(12(13,14)15)5-10(7)16-9/h3-6,16H,1-2H3. The van der Waals surface area contributed by atoms with Crippen LogP contribution in [-0.4, -0.2) is 9.91 Å². The molecule has 2 rings (SSSR count). The van der Waals surface area contributed by atoms with Crippen LogP contribution in [0.25, 0.3) is 10.9 Å². The van der Waals surface area contributed by atoms with Crippen LogP contribution in [0.3, 0.4) is 0 Å². The van der Waals surface area contributed by atoms with Gasteiger partial charge in [0, 0.05) is 22.7 Å². The minimum Gasteiger partial charge on any atom is -0.358 e. The van der Waals surface area contributed by atoms with Gasteiger partial charge in [0.15, 0.2) is 0 Å². The van der Waals surface area contributed by atoms with Crippen LogP contribution in [0, 0.1) is 10.1 Å². The fraction of sp³-hybridized carbons (Fsp3) is 0.333. The summed E-state index contributed by atoms with van der Waals surface area (Å²) in [6.45, 7) is 3.76. The lowest BCUT2D eigenvalue weighted by Gasteiger charge is -2.07. The van der Waals surface area contributed by atoms with E-state index >= 15 is 0 Å². The normalized spacial score (nSPS) is 12.3. The lowest BCUT2D eigenvalue weighted by molar-refractivity contribution is -0.387. The number of aromatic amines is 1. The Hall–Kier alpha value is -2.05. The summed E-state index contributed by atoms with van der Waals surface area (Å²) in [4.78, 5) is 12.6. The van der Waals surface area contributed by atoms with Crippen molar-refractivity contribution >= 4 is 16.6 Å². The first-order valence-corrected chi connectivity index (χ1v) is 5.58. The van der Waals surface area contributed by atoms with E-state index in [1.807, 2.05) is 13.8 Å². The number of nitro groups is 1. The Bertz CT molecular complexity index is 644. The second-order valence-electron chi connectivity index (χ2n) is 4.59. The number of benzene rings is 1. The molecule has 102 valence electrons. The molecule has 0 amide bonds. The lowest BCUT2D eigenvalue weighted by atomic mass is 10.1. The zero-order valence-corrected chi connectivity index (χ0v) is 10.2. The predicted molar refractivity (Wildman–Crippen MR) is 64.0 cm³/mol. The summed E-state index contributed by atoms with van der Waals surface area (Å²) < 4.78 is 38.4. The number of hydrogen-bond acceptors (Lipinski definition) is 2. The smallest absolute Gasteiger partial charge is 0.358 e. The minimum atomic E-state index is -4.75. The molecular formula is C12H11F3N2O2. The van der Waals surface area contributed by atoms with E-state index in [9.17, 15) is 23.3 Å². The molecule has 1 aromatic heterocycles. The maximum absolute atomic E-state index is 12.8. The Kier molecular flexibility index (Phi) is 3.00. The van der Waals surface area contributed by atoms with Gasteiger partial charge >= 0.3 is 6.18 Å². The molecule has 1 aromatic carbocycles. The van der Waals surface area contributed by atoms with Crippen LogP contribution in [0.15, 0.2) is 18.2 Å². The van der Waals surface area contributed by atoms with E-state index < -0.39 is 22.4 Å². The quantitative estimate of drug-likeness (QED) is 0.657. The van der Waals surface area contributed by atoms with Crippen molar-refractivity contribution in [2.24, 2.45) is 0 Å². The maximum atomic E-state index is 12.8. The molecule has 0 aliphatic heterocycles. The zero-order valence-electron chi connectivity index (χ0n) is 10.2. The molecule has 0 bridgehead atoms. The van der Waals surface area contributed by atoms with Crippen molar-refractivity contribution in [3.05, 3.63) is 39.6 Å². The van der Waals surface area contributed by atoms with Crippen molar-refractivity contribution in [2.45, 2.75) is 25.9 Å². The number of H-pyrrole nitrogens is 1. The summed E-state index contributed by atoms with van der Waals surface area (Å²) in [6, 6.07) is 3.38. The Labute approximate surface area is 106 Å². The van der Waals surface area contributed by atoms with Crippen molar-refractivity contribution in [3.8, 4) is 0 Å². The fourth-order valence-corrected chi connectivity index (χ4v) is 1.88. The lowest BCUT2D eigenvalue weighted by Crippen LogP contribution is -2.08. The summed E-state index contributed by atoms with van der Waals surface area (Å²) in [5.41, 5.74) is -1.17. The highest BCUT2D eigenvalue weighted by atomic mass is 19.4. The topological polar surface area (TPSA) is 58.9 Å². The summed E-state index contributed by atoms with van der Waals surface area (Å²) in [7, 11) is 0. The van der Waals surface area contributed by atoms with Crippen LogP contribution in [0.1, 0.15) is 31.0 Å². The molecule has 0 unspecified atom stereocenters. The first kappa shape index (κ1) is 13.4. The Morgan fingerprint density at radius 3 is 2.37 bits per heavy atom. The molecule has 0 aliphatic carbocycles. The van der Waals surface area contributed by atoms with Gasteiger partial charge in [0.2, 0.25) is 0 Å². The molecule has 0 aliphatic rings. The predicted octanol–water partition coefficient (Wildman–Crippen LogP) is 4.22. The summed E-state index contributed by atoms with van der Waals surface area (Å²) in [6.07, 6.45) is -4.75. The van der Waals surface area contributed by atoms with E-state index in [1.54, 1.807) is 6.07 Å². The van der Waals surface area contributed by atoms with Gasteiger partial charge in [-0.05, 0) is 18.1 Å². The Balaban J connectivity index is 2.73. The Morgan fingerprint density at radius 2 is 1.89 bits per heavy atom. The molecule has 0 fully saturated rings. The first-order chi connectivity index (χ1) is 8.70. The van der Waals surface area contributed by atoms with Crippen molar-refractivity contribution in [2.75, 3.05) is 0 Å². The number of hydrogen-bond donors (Lipinski definition) is 1. The molecule has 1 heterocycles. The number of rotatable bonds is 2. The number of nitro benzene ring substituents is 1. The molecule has 0 saturated carbocycles. The number of fused-ring (bicyclic) bond motifs is 1. The van der Waals surface area contributed by atoms with E-state index in [2.05, 4.69) is 4.98 Å². The minimum absolute atomic E-state index is 0.0980. The van der Waals surface area contributed by atoms with Crippen molar-refractivity contribution in [1.82, 2.24) is 4.98 Å². The van der Waals surface area contributed by atoms with Crippen LogP contribution in [0.4, 0.5) is 18.9 Å². The molecule has 1 N–H and O–H groups in total. The first-order valence-electron chi connectivity index (χ1n) is 5.58. The van der Waals surface area contributed by atoms with Crippen molar-refractivity contribution in [3.63, 3.8) is 0 Å². The van der Waals surface area contributed by atoms with Crippen LogP contribution < -0.4 is 0 Å². The van der Waals surface area contributed by atoms with Gasteiger partial charge in [-0.15, -0.1) is 0 Å². The molecule has 2 aromatic rings. The summed E-state index contributed by atoms with van der Waals surface area (Å²) >= 11 is 0. The van der Waals surface area contributed by atoms with Crippen LogP contribution in [0.2, 0.25) is 0 Å². The third-order valence-electron chi connectivity index (χ3n) is 2.88. The van der Waals surface area contributed by atoms with Gasteiger partial charge in [0.05, 0.1) is 4.92 Å². The van der Waals surface area contributed by atoms with Crippen LogP contribution in [0.5, 0.6) is 0 Å². The van der Waals surface area contributed by atoms with Gasteiger partial charge in [-0.25, -0.2) is 0 Å². The van der Waals surface area contributed by atoms with Gasteiger partial charge in [-0.3, -0.25) is 10.1 Å². The molecule has 19 heavy (non-hydrogen) atoms. The summed E-state index contributed by atoms with van der Waals surface area (Å²) in [5.74, 6) is 0.0980. The summed E-state index contributed by atoms with van der Waals surface area (Å²) in [5, 5.41) is 11.2. The van der Waals surface area contributed by atoms with Crippen LogP contribution >= 0.6 is 0 Å². The third-order valence-corrected chi connectivity index (χ3v) is 2.88. The highest BCUT2D eigenvalue weighted by Crippen LogP contribution is 2.38. The number of aromatic nitrogens is 1. The van der Waals surface area contributed by atoms with Crippen molar-refractivity contribution < 1.29 is 18.1 Å². The largest absolute Gasteiger partial charge is 0.423 e. The van der Waals surface area contributed by atoms with Gasteiger partial charge in [-0.1, -0.05) is 13.8 Å². The van der Waals surface area contributed by atoms with E-state index in [0.29, 0.717) is 5.39 Å². The Morgan fingerprint density at radius 1 is 1.26 bits per heavy atom. The number of halogens is 3. The molecule has 0 radical (unpaired) electrons. The van der Waals surface area contributed by atoms with Gasteiger partial charge < -0.3 is 4.98 Å². The van der Waals surface area contributed by atoms with E-state index in [-0.39, 0.29) is 11.4 Å². The van der Waals surface area contributed by atoms with Crippen LogP contribution in [-0.2, 0) is 6.18 Å². The second kappa shape index (κ2) is 4.25. The maximum Gasteiger partial charge on any atom is 0.423 e. The van der Waals surface area contributed by atoms with Crippen molar-refractivity contribution in [1.29, 1.82) is 0 Å². The van der Waals surface area contributed by atoms with E-state index in [4.69, 9.17) is 0 Å². The van der Waals surface area contributed by atoms with Gasteiger partial charge in [0.25, 0.3) is 5.69 Å². The molecule has 0 saturated heterocycles. The van der Waals surface area contributed by atoms with Gasteiger partial charge in [0.1, 0.15) is 5.56 Å².